The van der Waals surface area contributed by atoms with Crippen molar-refractivity contribution in [3.8, 4) is 0 Å². The zero-order valence-electron chi connectivity index (χ0n) is 8.50. The highest BCUT2D eigenvalue weighted by Crippen LogP contribution is 2.32. The molecule has 0 saturated heterocycles. The van der Waals surface area contributed by atoms with Crippen molar-refractivity contribution in [1.29, 1.82) is 0 Å². The number of nitrogens with zero attached hydrogens (tertiary/aromatic N) is 2. The van der Waals surface area contributed by atoms with Gasteiger partial charge in [0.2, 0.25) is 0 Å². The molecule has 1 saturated carbocycles. The van der Waals surface area contributed by atoms with Gasteiger partial charge in [-0.25, -0.2) is 4.98 Å². The van der Waals surface area contributed by atoms with E-state index in [-0.39, 0.29) is 12.1 Å². The Balaban J connectivity index is 2.10. The van der Waals surface area contributed by atoms with Crippen molar-refractivity contribution < 1.29 is 5.11 Å². The van der Waals surface area contributed by atoms with Crippen molar-refractivity contribution in [1.82, 2.24) is 9.55 Å². The molecule has 0 bridgehead atoms. The van der Waals surface area contributed by atoms with Crippen LogP contribution in [0.4, 0.5) is 0 Å². The average Bonchev–Trinajstić information content (AvgIpc) is 2.83. The molecule has 0 aliphatic heterocycles. The number of para-hydroxylation sites is 2. The van der Waals surface area contributed by atoms with Gasteiger partial charge in [-0.3, -0.25) is 0 Å². The van der Waals surface area contributed by atoms with Gasteiger partial charge in [0, 0.05) is 0 Å². The Morgan fingerprint density at radius 1 is 1.27 bits per heavy atom. The molecule has 1 heterocycles. The third-order valence-corrected chi connectivity index (χ3v) is 3.28. The summed E-state index contributed by atoms with van der Waals surface area (Å²) in [6.45, 7) is 0. The van der Waals surface area contributed by atoms with Gasteiger partial charge in [-0.2, -0.15) is 0 Å². The zero-order chi connectivity index (χ0) is 10.3. The summed E-state index contributed by atoms with van der Waals surface area (Å²) in [5, 5.41) is 9.87. The summed E-state index contributed by atoms with van der Waals surface area (Å²) in [7, 11) is 0. The number of aliphatic hydroxyl groups is 1. The van der Waals surface area contributed by atoms with Crippen LogP contribution in [0.25, 0.3) is 11.0 Å². The van der Waals surface area contributed by atoms with Crippen molar-refractivity contribution in [2.24, 2.45) is 0 Å². The van der Waals surface area contributed by atoms with E-state index in [9.17, 15) is 5.11 Å². The highest BCUT2D eigenvalue weighted by molar-refractivity contribution is 5.75. The molecule has 78 valence electrons. The van der Waals surface area contributed by atoms with Crippen molar-refractivity contribution >= 4 is 11.0 Å². The van der Waals surface area contributed by atoms with Crippen LogP contribution in [-0.2, 0) is 0 Å². The first-order valence-corrected chi connectivity index (χ1v) is 5.46. The monoisotopic (exact) mass is 202 g/mol. The SMILES string of the molecule is O[C@H]1CCC[C@@H]1n1cnc2ccccc21. The number of rotatable bonds is 1. The van der Waals surface area contributed by atoms with Gasteiger partial charge in [0.05, 0.1) is 29.5 Å². The second-order valence-electron chi connectivity index (χ2n) is 4.21. The molecular weight excluding hydrogens is 188 g/mol. The lowest BCUT2D eigenvalue weighted by atomic mass is 10.2. The molecule has 0 amide bonds. The summed E-state index contributed by atoms with van der Waals surface area (Å²) in [4.78, 5) is 4.35. The molecule has 0 unspecified atom stereocenters. The van der Waals surface area contributed by atoms with Crippen LogP contribution in [0.5, 0.6) is 0 Å². The summed E-state index contributed by atoms with van der Waals surface area (Å²) in [6, 6.07) is 8.30. The maximum atomic E-state index is 9.87. The normalized spacial score (nSPS) is 26.2. The van der Waals surface area contributed by atoms with Crippen LogP contribution in [0, 0.1) is 0 Å². The number of aromatic nitrogens is 2. The molecular formula is C12H14N2O. The van der Waals surface area contributed by atoms with Gasteiger partial charge in [-0.1, -0.05) is 12.1 Å². The van der Waals surface area contributed by atoms with Gasteiger partial charge in [0.1, 0.15) is 0 Å². The van der Waals surface area contributed by atoms with Crippen LogP contribution < -0.4 is 0 Å². The summed E-state index contributed by atoms with van der Waals surface area (Å²) in [5.41, 5.74) is 2.14. The van der Waals surface area contributed by atoms with E-state index >= 15 is 0 Å². The number of imidazole rings is 1. The van der Waals surface area contributed by atoms with Gasteiger partial charge in [-0.15, -0.1) is 0 Å². The minimum absolute atomic E-state index is 0.206. The lowest BCUT2D eigenvalue weighted by Gasteiger charge is -2.16. The van der Waals surface area contributed by atoms with E-state index in [1.165, 1.54) is 0 Å². The van der Waals surface area contributed by atoms with Crippen molar-refractivity contribution in [3.05, 3.63) is 30.6 Å². The maximum Gasteiger partial charge on any atom is 0.0961 e. The highest BCUT2D eigenvalue weighted by atomic mass is 16.3. The second kappa shape index (κ2) is 3.35. The molecule has 1 aliphatic carbocycles. The van der Waals surface area contributed by atoms with E-state index in [2.05, 4.69) is 15.6 Å². The quantitative estimate of drug-likeness (QED) is 0.769. The Labute approximate surface area is 88.4 Å². The molecule has 0 radical (unpaired) electrons. The smallest absolute Gasteiger partial charge is 0.0961 e. The Morgan fingerprint density at radius 3 is 2.93 bits per heavy atom. The third kappa shape index (κ3) is 1.35. The fourth-order valence-electron chi connectivity index (χ4n) is 2.49. The zero-order valence-corrected chi connectivity index (χ0v) is 8.50. The van der Waals surface area contributed by atoms with E-state index in [0.717, 1.165) is 30.3 Å². The molecule has 1 aromatic carbocycles. The lowest BCUT2D eigenvalue weighted by Crippen LogP contribution is -2.17. The predicted octanol–water partition coefficient (Wildman–Crippen LogP) is 2.12. The second-order valence-corrected chi connectivity index (χ2v) is 4.21. The van der Waals surface area contributed by atoms with Gasteiger partial charge in [0.15, 0.2) is 0 Å². The standard InChI is InChI=1S/C12H14N2O/c15-12-7-3-6-11(12)14-8-13-9-4-1-2-5-10(9)14/h1-2,4-5,8,11-12,15H,3,6-7H2/t11-,12-/m0/s1. The first-order chi connectivity index (χ1) is 7.36. The van der Waals surface area contributed by atoms with E-state index in [4.69, 9.17) is 0 Å². The molecule has 3 heteroatoms. The summed E-state index contributed by atoms with van der Waals surface area (Å²) in [6.07, 6.45) is 4.73. The van der Waals surface area contributed by atoms with E-state index in [0.29, 0.717) is 0 Å². The van der Waals surface area contributed by atoms with Gasteiger partial charge >= 0.3 is 0 Å². The van der Waals surface area contributed by atoms with E-state index in [1.807, 2.05) is 24.5 Å². The number of aliphatic hydroxyl groups excluding tert-OH is 1. The summed E-state index contributed by atoms with van der Waals surface area (Å²) >= 11 is 0. The predicted molar refractivity (Wildman–Crippen MR) is 58.6 cm³/mol. The van der Waals surface area contributed by atoms with Crippen LogP contribution in [0.2, 0.25) is 0 Å². The summed E-state index contributed by atoms with van der Waals surface area (Å²) < 4.78 is 2.12. The molecule has 1 aliphatic rings. The molecule has 2 atom stereocenters. The van der Waals surface area contributed by atoms with Gasteiger partial charge in [-0.05, 0) is 31.4 Å². The number of benzene rings is 1. The van der Waals surface area contributed by atoms with Crippen LogP contribution in [0.1, 0.15) is 25.3 Å². The van der Waals surface area contributed by atoms with Crippen molar-refractivity contribution in [3.63, 3.8) is 0 Å². The molecule has 1 N–H and O–H groups in total. The van der Waals surface area contributed by atoms with Crippen LogP contribution in [0.3, 0.4) is 0 Å². The number of fused-ring (bicyclic) bond motifs is 1. The minimum atomic E-state index is -0.206. The Hall–Kier alpha value is -1.35. The van der Waals surface area contributed by atoms with E-state index in [1.54, 1.807) is 0 Å². The first-order valence-electron chi connectivity index (χ1n) is 5.46. The fourth-order valence-corrected chi connectivity index (χ4v) is 2.49. The molecule has 15 heavy (non-hydrogen) atoms. The van der Waals surface area contributed by atoms with Crippen molar-refractivity contribution in [2.75, 3.05) is 0 Å². The van der Waals surface area contributed by atoms with Crippen LogP contribution >= 0.6 is 0 Å². The van der Waals surface area contributed by atoms with Gasteiger partial charge < -0.3 is 9.67 Å². The Bertz CT molecular complexity index is 477. The van der Waals surface area contributed by atoms with Gasteiger partial charge in [0.25, 0.3) is 0 Å². The molecule has 3 rings (SSSR count). The Morgan fingerprint density at radius 2 is 2.13 bits per heavy atom. The third-order valence-electron chi connectivity index (χ3n) is 3.28. The number of hydrogen-bond donors (Lipinski definition) is 1. The molecule has 1 aromatic heterocycles. The average molecular weight is 202 g/mol. The van der Waals surface area contributed by atoms with E-state index < -0.39 is 0 Å². The fraction of sp³-hybridized carbons (Fsp3) is 0.417. The molecule has 1 fully saturated rings. The van der Waals surface area contributed by atoms with Crippen LogP contribution in [-0.4, -0.2) is 20.8 Å². The molecule has 0 spiro atoms. The van der Waals surface area contributed by atoms with Crippen molar-refractivity contribution in [2.45, 2.75) is 31.4 Å². The minimum Gasteiger partial charge on any atom is -0.391 e. The lowest BCUT2D eigenvalue weighted by molar-refractivity contribution is 0.138. The highest BCUT2D eigenvalue weighted by Gasteiger charge is 2.27. The topological polar surface area (TPSA) is 38.0 Å². The van der Waals surface area contributed by atoms with Crippen LogP contribution in [0.15, 0.2) is 30.6 Å². The molecule has 2 aromatic rings. The first kappa shape index (κ1) is 8.92. The largest absolute Gasteiger partial charge is 0.391 e. The number of hydrogen-bond acceptors (Lipinski definition) is 2. The Kier molecular flexibility index (Phi) is 1.99. The maximum absolute atomic E-state index is 9.87. The molecule has 3 nitrogen and oxygen atoms in total. The summed E-state index contributed by atoms with van der Waals surface area (Å²) in [5.74, 6) is 0.